The standard InChI is InChI=1S/C17H19N3O/c1-12-9-15(13(2)19-18-12)16(21)20-10-17(3,11-20)14-7-5-4-6-8-14/h4-9H,10-11H2,1-3H3. The van der Waals surface area contributed by atoms with Gasteiger partial charge in [0.05, 0.1) is 17.0 Å². The van der Waals surface area contributed by atoms with Crippen molar-refractivity contribution >= 4 is 5.91 Å². The predicted octanol–water partition coefficient (Wildman–Crippen LogP) is 2.51. The quantitative estimate of drug-likeness (QED) is 0.849. The first-order valence-electron chi connectivity index (χ1n) is 7.15. The first kappa shape index (κ1) is 13.7. The number of aryl methyl sites for hydroxylation is 2. The summed E-state index contributed by atoms with van der Waals surface area (Å²) in [6.45, 7) is 7.38. The van der Waals surface area contributed by atoms with Crippen molar-refractivity contribution in [3.05, 3.63) is 58.9 Å². The van der Waals surface area contributed by atoms with E-state index in [0.29, 0.717) is 11.3 Å². The van der Waals surface area contributed by atoms with Gasteiger partial charge in [0.1, 0.15) is 0 Å². The molecule has 3 rings (SSSR count). The van der Waals surface area contributed by atoms with Gasteiger partial charge in [-0.1, -0.05) is 37.3 Å². The highest BCUT2D eigenvalue weighted by atomic mass is 16.2. The Morgan fingerprint density at radius 1 is 1.14 bits per heavy atom. The van der Waals surface area contributed by atoms with E-state index in [1.54, 1.807) is 0 Å². The third kappa shape index (κ3) is 2.42. The van der Waals surface area contributed by atoms with Gasteiger partial charge in [-0.3, -0.25) is 4.79 Å². The molecule has 0 N–H and O–H groups in total. The second kappa shape index (κ2) is 4.95. The van der Waals surface area contributed by atoms with E-state index >= 15 is 0 Å². The molecule has 108 valence electrons. The van der Waals surface area contributed by atoms with Crippen molar-refractivity contribution < 1.29 is 4.79 Å². The molecule has 21 heavy (non-hydrogen) atoms. The van der Waals surface area contributed by atoms with Crippen molar-refractivity contribution in [1.29, 1.82) is 0 Å². The molecular weight excluding hydrogens is 262 g/mol. The summed E-state index contributed by atoms with van der Waals surface area (Å²) < 4.78 is 0. The van der Waals surface area contributed by atoms with Gasteiger partial charge in [0, 0.05) is 18.5 Å². The fourth-order valence-corrected chi connectivity index (χ4v) is 2.90. The van der Waals surface area contributed by atoms with Crippen molar-refractivity contribution in [2.75, 3.05) is 13.1 Å². The number of nitrogens with zero attached hydrogens (tertiary/aromatic N) is 3. The highest BCUT2D eigenvalue weighted by Gasteiger charge is 2.42. The zero-order valence-electron chi connectivity index (χ0n) is 12.6. The van der Waals surface area contributed by atoms with Crippen LogP contribution >= 0.6 is 0 Å². The molecule has 0 saturated carbocycles. The minimum Gasteiger partial charge on any atom is -0.337 e. The van der Waals surface area contributed by atoms with Gasteiger partial charge in [-0.25, -0.2) is 0 Å². The maximum absolute atomic E-state index is 12.6. The monoisotopic (exact) mass is 281 g/mol. The van der Waals surface area contributed by atoms with Crippen LogP contribution in [0.3, 0.4) is 0 Å². The lowest BCUT2D eigenvalue weighted by Gasteiger charge is -2.48. The van der Waals surface area contributed by atoms with Crippen molar-refractivity contribution in [3.63, 3.8) is 0 Å². The smallest absolute Gasteiger partial charge is 0.255 e. The molecule has 0 radical (unpaired) electrons. The van der Waals surface area contributed by atoms with E-state index in [-0.39, 0.29) is 11.3 Å². The third-order valence-corrected chi connectivity index (χ3v) is 4.17. The van der Waals surface area contributed by atoms with Gasteiger partial charge in [0.15, 0.2) is 0 Å². The van der Waals surface area contributed by atoms with E-state index < -0.39 is 0 Å². The molecule has 1 fully saturated rings. The average molecular weight is 281 g/mol. The lowest BCUT2D eigenvalue weighted by Crippen LogP contribution is -2.59. The normalized spacial score (nSPS) is 16.4. The highest BCUT2D eigenvalue weighted by molar-refractivity contribution is 5.96. The number of rotatable bonds is 2. The molecular formula is C17H19N3O. The van der Waals surface area contributed by atoms with Crippen LogP contribution in [-0.4, -0.2) is 34.1 Å². The van der Waals surface area contributed by atoms with Crippen LogP contribution in [0.15, 0.2) is 36.4 Å². The van der Waals surface area contributed by atoms with Crippen molar-refractivity contribution in [2.24, 2.45) is 0 Å². The van der Waals surface area contributed by atoms with Crippen molar-refractivity contribution in [2.45, 2.75) is 26.2 Å². The minimum atomic E-state index is 0.0545. The van der Waals surface area contributed by atoms with Crippen molar-refractivity contribution in [1.82, 2.24) is 15.1 Å². The van der Waals surface area contributed by atoms with E-state index in [0.717, 1.165) is 18.8 Å². The summed E-state index contributed by atoms with van der Waals surface area (Å²) in [5.41, 5.74) is 3.47. The summed E-state index contributed by atoms with van der Waals surface area (Å²) in [7, 11) is 0. The van der Waals surface area contributed by atoms with Gasteiger partial charge in [0.25, 0.3) is 5.91 Å². The first-order chi connectivity index (χ1) is 9.99. The molecule has 1 aliphatic heterocycles. The summed E-state index contributed by atoms with van der Waals surface area (Å²) in [5.74, 6) is 0.0545. The molecule has 0 bridgehead atoms. The Hall–Kier alpha value is -2.23. The Balaban J connectivity index is 1.77. The van der Waals surface area contributed by atoms with Crippen LogP contribution in [0, 0.1) is 13.8 Å². The Morgan fingerprint density at radius 3 is 2.48 bits per heavy atom. The molecule has 2 aromatic rings. The Morgan fingerprint density at radius 2 is 1.81 bits per heavy atom. The number of likely N-dealkylation sites (tertiary alicyclic amines) is 1. The molecule has 1 saturated heterocycles. The van der Waals surface area contributed by atoms with Gasteiger partial charge in [-0.2, -0.15) is 10.2 Å². The second-order valence-corrected chi connectivity index (χ2v) is 6.07. The lowest BCUT2D eigenvalue weighted by molar-refractivity contribution is 0.0432. The van der Waals surface area contributed by atoms with Crippen LogP contribution in [0.5, 0.6) is 0 Å². The van der Waals surface area contributed by atoms with Gasteiger partial charge >= 0.3 is 0 Å². The van der Waals surface area contributed by atoms with E-state index in [1.807, 2.05) is 43.0 Å². The molecule has 0 aliphatic carbocycles. The van der Waals surface area contributed by atoms with Crippen LogP contribution < -0.4 is 0 Å². The predicted molar refractivity (Wildman–Crippen MR) is 81.2 cm³/mol. The number of amides is 1. The summed E-state index contributed by atoms with van der Waals surface area (Å²) in [4.78, 5) is 14.5. The summed E-state index contributed by atoms with van der Waals surface area (Å²) in [6.07, 6.45) is 0. The summed E-state index contributed by atoms with van der Waals surface area (Å²) >= 11 is 0. The number of carbonyl (C=O) groups is 1. The molecule has 1 aromatic heterocycles. The molecule has 2 heterocycles. The summed E-state index contributed by atoms with van der Waals surface area (Å²) in [6, 6.07) is 12.2. The SMILES string of the molecule is Cc1cc(C(=O)N2CC(C)(c3ccccc3)C2)c(C)nn1. The lowest BCUT2D eigenvalue weighted by atomic mass is 9.75. The van der Waals surface area contributed by atoms with E-state index in [1.165, 1.54) is 5.56 Å². The molecule has 4 heteroatoms. The maximum atomic E-state index is 12.6. The number of hydrogen-bond donors (Lipinski definition) is 0. The Kier molecular flexibility index (Phi) is 3.24. The number of aromatic nitrogens is 2. The van der Waals surface area contributed by atoms with Crippen LogP contribution in [-0.2, 0) is 5.41 Å². The number of benzene rings is 1. The number of carbonyl (C=O) groups excluding carboxylic acids is 1. The number of hydrogen-bond acceptors (Lipinski definition) is 3. The topological polar surface area (TPSA) is 46.1 Å². The summed E-state index contributed by atoms with van der Waals surface area (Å²) in [5, 5.41) is 8.02. The highest BCUT2D eigenvalue weighted by Crippen LogP contribution is 2.34. The van der Waals surface area contributed by atoms with Crippen LogP contribution in [0.4, 0.5) is 0 Å². The zero-order valence-corrected chi connectivity index (χ0v) is 12.6. The molecule has 0 spiro atoms. The molecule has 1 aliphatic rings. The molecule has 0 atom stereocenters. The van der Waals surface area contributed by atoms with Crippen LogP contribution in [0.25, 0.3) is 0 Å². The van der Waals surface area contributed by atoms with Crippen LogP contribution in [0.1, 0.15) is 34.2 Å². The Labute approximate surface area is 124 Å². The maximum Gasteiger partial charge on any atom is 0.255 e. The van der Waals surface area contributed by atoms with Crippen molar-refractivity contribution in [3.8, 4) is 0 Å². The van der Waals surface area contributed by atoms with Gasteiger partial charge < -0.3 is 4.90 Å². The van der Waals surface area contributed by atoms with E-state index in [9.17, 15) is 4.79 Å². The van der Waals surface area contributed by atoms with E-state index in [2.05, 4.69) is 29.3 Å². The second-order valence-electron chi connectivity index (χ2n) is 6.07. The van der Waals surface area contributed by atoms with Crippen LogP contribution in [0.2, 0.25) is 0 Å². The van der Waals surface area contributed by atoms with Gasteiger partial charge in [0.2, 0.25) is 0 Å². The fraction of sp³-hybridized carbons (Fsp3) is 0.353. The minimum absolute atomic E-state index is 0.0545. The largest absolute Gasteiger partial charge is 0.337 e. The third-order valence-electron chi connectivity index (χ3n) is 4.17. The first-order valence-corrected chi connectivity index (χ1v) is 7.15. The molecule has 1 amide bonds. The van der Waals surface area contributed by atoms with Gasteiger partial charge in [-0.05, 0) is 25.5 Å². The zero-order chi connectivity index (χ0) is 15.0. The molecule has 0 unspecified atom stereocenters. The molecule has 1 aromatic carbocycles. The van der Waals surface area contributed by atoms with E-state index in [4.69, 9.17) is 0 Å². The molecule has 4 nitrogen and oxygen atoms in total. The fourth-order valence-electron chi connectivity index (χ4n) is 2.90. The Bertz CT molecular complexity index is 676. The average Bonchev–Trinajstić information content (AvgIpc) is 2.46. The van der Waals surface area contributed by atoms with Gasteiger partial charge in [-0.15, -0.1) is 0 Å².